The summed E-state index contributed by atoms with van der Waals surface area (Å²) in [6.07, 6.45) is 90.5. The molecular weight excluding hydrogens is 903 g/mol. The normalized spacial score (nSPS) is 12.9. The van der Waals surface area contributed by atoms with Gasteiger partial charge in [-0.1, -0.05) is 365 Å². The van der Waals surface area contributed by atoms with E-state index in [1.165, 1.54) is 321 Å². The highest BCUT2D eigenvalue weighted by molar-refractivity contribution is 5.76. The highest BCUT2D eigenvalue weighted by Gasteiger charge is 2.20. The fraction of sp³-hybridized carbons (Fsp3) is 0.900. The average molecular weight is 1040 g/mol. The zero-order valence-corrected chi connectivity index (χ0v) is 50.6. The van der Waals surface area contributed by atoms with Crippen molar-refractivity contribution in [2.45, 2.75) is 398 Å². The Morgan fingerprint density at radius 1 is 0.324 bits per heavy atom. The molecule has 74 heavy (non-hydrogen) atoms. The molecule has 0 rings (SSSR count). The third kappa shape index (κ3) is 61.5. The van der Waals surface area contributed by atoms with Gasteiger partial charge in [0.1, 0.15) is 0 Å². The Balaban J connectivity index is 3.40. The lowest BCUT2D eigenvalue weighted by Gasteiger charge is -2.22. The lowest BCUT2D eigenvalue weighted by molar-refractivity contribution is -0.123. The van der Waals surface area contributed by atoms with Crippen LogP contribution in [0.4, 0.5) is 0 Å². The molecule has 2 unspecified atom stereocenters. The molecule has 0 saturated carbocycles. The molecule has 438 valence electrons. The topological polar surface area (TPSA) is 69.6 Å². The molecule has 1 amide bonds. The summed E-state index contributed by atoms with van der Waals surface area (Å²) >= 11 is 0. The number of carbonyl (C=O) groups excluding carboxylic acids is 1. The van der Waals surface area contributed by atoms with Gasteiger partial charge in [0.15, 0.2) is 0 Å². The van der Waals surface area contributed by atoms with Crippen LogP contribution in [0.2, 0.25) is 0 Å². The van der Waals surface area contributed by atoms with E-state index >= 15 is 0 Å². The van der Waals surface area contributed by atoms with Crippen molar-refractivity contribution in [1.82, 2.24) is 5.32 Å². The fourth-order valence-electron chi connectivity index (χ4n) is 11.0. The molecular formula is C70H135NO3. The fourth-order valence-corrected chi connectivity index (χ4v) is 11.0. The van der Waals surface area contributed by atoms with Crippen LogP contribution in [-0.2, 0) is 4.79 Å². The van der Waals surface area contributed by atoms with Gasteiger partial charge in [-0.3, -0.25) is 4.79 Å². The van der Waals surface area contributed by atoms with Gasteiger partial charge in [-0.05, 0) is 51.4 Å². The SMILES string of the molecule is CCCCCCC/C=C\C/C=C\C/C=C\CCCCCCCCCCCCCCCCCCC(=O)NC(CO)C(O)CCCCCCCCCCCCCCCCCCCCCCCCCCCCCCCCC. The lowest BCUT2D eigenvalue weighted by atomic mass is 10.0. The van der Waals surface area contributed by atoms with Crippen LogP contribution >= 0.6 is 0 Å². The van der Waals surface area contributed by atoms with E-state index in [0.717, 1.165) is 38.5 Å². The molecule has 0 aromatic rings. The van der Waals surface area contributed by atoms with Crippen molar-refractivity contribution in [3.63, 3.8) is 0 Å². The van der Waals surface area contributed by atoms with E-state index in [9.17, 15) is 15.0 Å². The molecule has 3 N–H and O–H groups in total. The molecule has 4 heteroatoms. The standard InChI is InChI=1S/C70H135NO3/c1-3-5-7-9-11-13-15-17-19-21-23-25-27-29-31-33-35-37-39-41-43-45-47-49-51-53-55-57-59-61-63-65-69(73)68(67-72)71-70(74)66-64-62-60-58-56-54-52-50-48-46-44-42-40-38-36-34-32-30-28-26-24-22-20-18-16-14-12-10-8-6-4-2/h16,18,22,24,28,30,68-69,72-73H,3-15,17,19-21,23,25-27,29,31-67H2,1-2H3,(H,71,74)/b18-16-,24-22-,30-28-. The highest BCUT2D eigenvalue weighted by Crippen LogP contribution is 2.19. The number of aliphatic hydroxyl groups is 2. The van der Waals surface area contributed by atoms with Crippen LogP contribution < -0.4 is 5.32 Å². The Hall–Kier alpha value is -1.39. The Morgan fingerprint density at radius 2 is 0.554 bits per heavy atom. The molecule has 0 radical (unpaired) electrons. The summed E-state index contributed by atoms with van der Waals surface area (Å²) in [5, 5.41) is 23.5. The minimum absolute atomic E-state index is 0.0247. The van der Waals surface area contributed by atoms with E-state index in [2.05, 4.69) is 55.6 Å². The zero-order chi connectivity index (χ0) is 53.4. The minimum Gasteiger partial charge on any atom is -0.394 e. The second kappa shape index (κ2) is 65.9. The van der Waals surface area contributed by atoms with Crippen molar-refractivity contribution in [1.29, 1.82) is 0 Å². The van der Waals surface area contributed by atoms with E-state index in [-0.39, 0.29) is 12.5 Å². The first-order chi connectivity index (χ1) is 36.7. The molecule has 0 fully saturated rings. The van der Waals surface area contributed by atoms with Crippen molar-refractivity contribution in [2.24, 2.45) is 0 Å². The Bertz CT molecular complexity index is 1130. The first kappa shape index (κ1) is 72.6. The number of allylic oxidation sites excluding steroid dienone is 6. The smallest absolute Gasteiger partial charge is 0.220 e. The quantitative estimate of drug-likeness (QED) is 0.0420. The molecule has 4 nitrogen and oxygen atoms in total. The summed E-state index contributed by atoms with van der Waals surface area (Å²) in [4.78, 5) is 12.6. The zero-order valence-electron chi connectivity index (χ0n) is 50.6. The summed E-state index contributed by atoms with van der Waals surface area (Å²) in [6.45, 7) is 4.39. The monoisotopic (exact) mass is 1040 g/mol. The summed E-state index contributed by atoms with van der Waals surface area (Å²) in [5.41, 5.74) is 0. The average Bonchev–Trinajstić information content (AvgIpc) is 3.40. The maximum Gasteiger partial charge on any atom is 0.220 e. The van der Waals surface area contributed by atoms with Crippen LogP contribution in [0.3, 0.4) is 0 Å². The van der Waals surface area contributed by atoms with Crippen molar-refractivity contribution < 1.29 is 15.0 Å². The summed E-state index contributed by atoms with van der Waals surface area (Å²) in [5.74, 6) is -0.0247. The second-order valence-electron chi connectivity index (χ2n) is 23.6. The summed E-state index contributed by atoms with van der Waals surface area (Å²) in [7, 11) is 0. The number of rotatable bonds is 64. The van der Waals surface area contributed by atoms with Crippen LogP contribution in [-0.4, -0.2) is 34.9 Å². The molecule has 0 bridgehead atoms. The Morgan fingerprint density at radius 3 is 0.824 bits per heavy atom. The largest absolute Gasteiger partial charge is 0.394 e. The van der Waals surface area contributed by atoms with Crippen molar-refractivity contribution in [2.75, 3.05) is 6.61 Å². The maximum absolute atomic E-state index is 12.6. The number of amides is 1. The first-order valence-corrected chi connectivity index (χ1v) is 34.2. The summed E-state index contributed by atoms with van der Waals surface area (Å²) in [6, 6.07) is -0.538. The highest BCUT2D eigenvalue weighted by atomic mass is 16.3. The molecule has 0 aliphatic carbocycles. The predicted octanol–water partition coefficient (Wildman–Crippen LogP) is 23.2. The van der Waals surface area contributed by atoms with Crippen LogP contribution in [0, 0.1) is 0 Å². The number of aliphatic hydroxyl groups excluding tert-OH is 2. The van der Waals surface area contributed by atoms with E-state index in [4.69, 9.17) is 0 Å². The van der Waals surface area contributed by atoms with Gasteiger partial charge < -0.3 is 15.5 Å². The van der Waals surface area contributed by atoms with E-state index in [1.54, 1.807) is 0 Å². The van der Waals surface area contributed by atoms with Crippen LogP contribution in [0.1, 0.15) is 386 Å². The van der Waals surface area contributed by atoms with Gasteiger partial charge >= 0.3 is 0 Å². The molecule has 2 atom stereocenters. The van der Waals surface area contributed by atoms with Gasteiger partial charge in [-0.2, -0.15) is 0 Å². The molecule has 0 aromatic carbocycles. The van der Waals surface area contributed by atoms with Gasteiger partial charge in [0.05, 0.1) is 18.8 Å². The molecule has 0 aliphatic heterocycles. The molecule has 0 aromatic heterocycles. The van der Waals surface area contributed by atoms with E-state index < -0.39 is 12.1 Å². The number of carbonyl (C=O) groups is 1. The van der Waals surface area contributed by atoms with Gasteiger partial charge in [0.25, 0.3) is 0 Å². The predicted molar refractivity (Wildman–Crippen MR) is 332 cm³/mol. The third-order valence-corrected chi connectivity index (χ3v) is 16.2. The van der Waals surface area contributed by atoms with Gasteiger partial charge in [-0.25, -0.2) is 0 Å². The number of hydrogen-bond acceptors (Lipinski definition) is 3. The molecule has 0 spiro atoms. The van der Waals surface area contributed by atoms with Gasteiger partial charge in [-0.15, -0.1) is 0 Å². The Kier molecular flexibility index (Phi) is 64.7. The second-order valence-corrected chi connectivity index (χ2v) is 23.6. The van der Waals surface area contributed by atoms with E-state index in [0.29, 0.717) is 12.8 Å². The van der Waals surface area contributed by atoms with Crippen LogP contribution in [0.25, 0.3) is 0 Å². The molecule has 0 saturated heterocycles. The number of nitrogens with one attached hydrogen (secondary N) is 1. The van der Waals surface area contributed by atoms with Crippen molar-refractivity contribution >= 4 is 5.91 Å². The van der Waals surface area contributed by atoms with Crippen LogP contribution in [0.5, 0.6) is 0 Å². The van der Waals surface area contributed by atoms with Gasteiger partial charge in [0, 0.05) is 6.42 Å². The van der Waals surface area contributed by atoms with E-state index in [1.807, 2.05) is 0 Å². The van der Waals surface area contributed by atoms with Crippen LogP contribution in [0.15, 0.2) is 36.5 Å². The number of hydrogen-bond donors (Lipinski definition) is 3. The first-order valence-electron chi connectivity index (χ1n) is 34.2. The minimum atomic E-state index is -0.661. The number of unbranched alkanes of at least 4 members (excludes halogenated alkanes) is 51. The van der Waals surface area contributed by atoms with Crippen molar-refractivity contribution in [3.8, 4) is 0 Å². The molecule has 0 heterocycles. The van der Waals surface area contributed by atoms with Gasteiger partial charge in [0.2, 0.25) is 5.91 Å². The molecule has 0 aliphatic rings. The third-order valence-electron chi connectivity index (χ3n) is 16.2. The Labute approximate surface area is 465 Å². The lowest BCUT2D eigenvalue weighted by Crippen LogP contribution is -2.45. The summed E-state index contributed by atoms with van der Waals surface area (Å²) < 4.78 is 0. The maximum atomic E-state index is 12.6. The van der Waals surface area contributed by atoms with Crippen molar-refractivity contribution in [3.05, 3.63) is 36.5 Å².